The molecule has 2 atom stereocenters. The van der Waals surface area contributed by atoms with Crippen molar-refractivity contribution in [3.05, 3.63) is 0 Å². The van der Waals surface area contributed by atoms with Crippen LogP contribution in [0.2, 0.25) is 0 Å². The Hall–Kier alpha value is -0.750. The topological polar surface area (TPSA) is 98.2 Å². The Kier molecular flexibility index (Phi) is 5.10. The Morgan fingerprint density at radius 3 is 2.37 bits per heavy atom. The highest BCUT2D eigenvalue weighted by atomic mass is 32.2. The Morgan fingerprint density at radius 2 is 1.79 bits per heavy atom. The summed E-state index contributed by atoms with van der Waals surface area (Å²) in [5.41, 5.74) is 11.1. The van der Waals surface area contributed by atoms with Crippen molar-refractivity contribution in [3.63, 3.8) is 0 Å². The molecule has 2 aliphatic carbocycles. The number of carbonyl (C=O) groups excluding carboxylic acids is 2. The summed E-state index contributed by atoms with van der Waals surface area (Å²) in [4.78, 5) is 22.5. The fraction of sp³-hybridized carbons (Fsp3) is 0.846. The first-order chi connectivity index (χ1) is 9.06. The average Bonchev–Trinajstić information content (AvgIpc) is 2.29. The maximum Gasteiger partial charge on any atom is 0.230 e. The molecule has 2 unspecified atom stereocenters. The van der Waals surface area contributed by atoms with Crippen molar-refractivity contribution in [2.24, 2.45) is 23.3 Å². The number of nitrogens with two attached hydrogens (primary N) is 2. The van der Waals surface area contributed by atoms with Crippen LogP contribution in [0.15, 0.2) is 0 Å². The van der Waals surface area contributed by atoms with E-state index in [0.717, 1.165) is 12.8 Å². The first-order valence-electron chi connectivity index (χ1n) is 6.97. The van der Waals surface area contributed by atoms with Crippen molar-refractivity contribution < 1.29 is 9.59 Å². The molecule has 5 N–H and O–H groups in total. The SMILES string of the molecule is NC(=O)CSCC(=O)NC1C2CCCC1CC(N)C2. The molecule has 0 spiro atoms. The second-order valence-electron chi connectivity index (χ2n) is 5.73. The molecule has 2 amide bonds. The molecule has 2 bridgehead atoms. The Bertz CT molecular complexity index is 337. The first-order valence-corrected chi connectivity index (χ1v) is 8.12. The van der Waals surface area contributed by atoms with Gasteiger partial charge in [0.05, 0.1) is 11.5 Å². The lowest BCUT2D eigenvalue weighted by Gasteiger charge is -2.45. The van der Waals surface area contributed by atoms with Crippen LogP contribution in [0.4, 0.5) is 0 Å². The number of fused-ring (bicyclic) bond motifs is 2. The summed E-state index contributed by atoms with van der Waals surface area (Å²) >= 11 is 1.28. The van der Waals surface area contributed by atoms with Crippen LogP contribution in [0.25, 0.3) is 0 Å². The molecule has 0 saturated heterocycles. The molecule has 2 saturated carbocycles. The van der Waals surface area contributed by atoms with Gasteiger partial charge in [0, 0.05) is 12.1 Å². The van der Waals surface area contributed by atoms with Gasteiger partial charge in [0.15, 0.2) is 0 Å². The molecule has 108 valence electrons. The fourth-order valence-corrected chi connectivity index (χ4v) is 4.07. The van der Waals surface area contributed by atoms with Crippen molar-refractivity contribution in [1.29, 1.82) is 0 Å². The average molecular weight is 285 g/mol. The highest BCUT2D eigenvalue weighted by Gasteiger charge is 2.39. The molecule has 0 aromatic carbocycles. The number of nitrogens with one attached hydrogen (secondary N) is 1. The predicted octanol–water partition coefficient (Wildman–Crippen LogP) is 0.227. The Labute approximate surface area is 118 Å². The van der Waals surface area contributed by atoms with Crippen LogP contribution in [0.3, 0.4) is 0 Å². The number of rotatable bonds is 5. The van der Waals surface area contributed by atoms with Crippen LogP contribution in [0.5, 0.6) is 0 Å². The number of amides is 2. The van der Waals surface area contributed by atoms with E-state index in [1.165, 1.54) is 31.0 Å². The summed E-state index contributed by atoms with van der Waals surface area (Å²) in [5.74, 6) is 1.22. The van der Waals surface area contributed by atoms with Gasteiger partial charge in [-0.2, -0.15) is 0 Å². The van der Waals surface area contributed by atoms with E-state index in [4.69, 9.17) is 11.5 Å². The lowest BCUT2D eigenvalue weighted by molar-refractivity contribution is -0.120. The van der Waals surface area contributed by atoms with E-state index in [-0.39, 0.29) is 23.6 Å². The van der Waals surface area contributed by atoms with Gasteiger partial charge < -0.3 is 16.8 Å². The Balaban J connectivity index is 1.81. The lowest BCUT2D eigenvalue weighted by Crippen LogP contribution is -2.54. The molecule has 0 aromatic heterocycles. The van der Waals surface area contributed by atoms with E-state index >= 15 is 0 Å². The number of hydrogen-bond donors (Lipinski definition) is 3. The van der Waals surface area contributed by atoms with Crippen molar-refractivity contribution in [2.45, 2.75) is 44.2 Å². The third-order valence-electron chi connectivity index (χ3n) is 4.18. The number of carbonyl (C=O) groups is 2. The minimum absolute atomic E-state index is 0.0172. The van der Waals surface area contributed by atoms with Crippen LogP contribution >= 0.6 is 11.8 Å². The van der Waals surface area contributed by atoms with Gasteiger partial charge in [-0.3, -0.25) is 9.59 Å². The molecule has 6 heteroatoms. The van der Waals surface area contributed by atoms with Crippen LogP contribution in [-0.2, 0) is 9.59 Å². The number of hydrogen-bond acceptors (Lipinski definition) is 4. The maximum absolute atomic E-state index is 11.9. The normalized spacial score (nSPS) is 33.7. The van der Waals surface area contributed by atoms with E-state index in [1.54, 1.807) is 0 Å². The third kappa shape index (κ3) is 4.11. The summed E-state index contributed by atoms with van der Waals surface area (Å²) in [6.45, 7) is 0. The van der Waals surface area contributed by atoms with Gasteiger partial charge in [-0.1, -0.05) is 6.42 Å². The Morgan fingerprint density at radius 1 is 1.16 bits per heavy atom. The fourth-order valence-electron chi connectivity index (χ4n) is 3.50. The predicted molar refractivity (Wildman–Crippen MR) is 76.5 cm³/mol. The van der Waals surface area contributed by atoms with Gasteiger partial charge in [0.2, 0.25) is 11.8 Å². The van der Waals surface area contributed by atoms with Crippen molar-refractivity contribution in [3.8, 4) is 0 Å². The van der Waals surface area contributed by atoms with E-state index < -0.39 is 0 Å². The van der Waals surface area contributed by atoms with E-state index in [2.05, 4.69) is 5.32 Å². The molecule has 2 fully saturated rings. The summed E-state index contributed by atoms with van der Waals surface area (Å²) in [7, 11) is 0. The minimum atomic E-state index is -0.377. The van der Waals surface area contributed by atoms with Gasteiger partial charge in [0.25, 0.3) is 0 Å². The summed E-state index contributed by atoms with van der Waals surface area (Å²) in [6, 6.07) is 0.586. The van der Waals surface area contributed by atoms with Gasteiger partial charge in [-0.25, -0.2) is 0 Å². The second kappa shape index (κ2) is 6.61. The molecule has 5 nitrogen and oxygen atoms in total. The zero-order chi connectivity index (χ0) is 13.8. The highest BCUT2D eigenvalue weighted by molar-refractivity contribution is 8.00. The largest absolute Gasteiger partial charge is 0.369 e. The van der Waals surface area contributed by atoms with E-state index in [9.17, 15) is 9.59 Å². The first kappa shape index (κ1) is 14.7. The second-order valence-corrected chi connectivity index (χ2v) is 6.72. The molecule has 0 radical (unpaired) electrons. The van der Waals surface area contributed by atoms with Crippen molar-refractivity contribution in [2.75, 3.05) is 11.5 Å². The minimum Gasteiger partial charge on any atom is -0.369 e. The summed E-state index contributed by atoms with van der Waals surface area (Å²) < 4.78 is 0. The van der Waals surface area contributed by atoms with Crippen molar-refractivity contribution >= 4 is 23.6 Å². The molecular formula is C13H23N3O2S. The smallest absolute Gasteiger partial charge is 0.230 e. The van der Waals surface area contributed by atoms with Crippen LogP contribution < -0.4 is 16.8 Å². The highest BCUT2D eigenvalue weighted by Crippen LogP contribution is 2.39. The van der Waals surface area contributed by atoms with E-state index in [1.807, 2.05) is 0 Å². The molecule has 2 aliphatic rings. The van der Waals surface area contributed by atoms with Gasteiger partial charge in [-0.15, -0.1) is 11.8 Å². The van der Waals surface area contributed by atoms with Crippen LogP contribution in [-0.4, -0.2) is 35.4 Å². The monoisotopic (exact) mass is 285 g/mol. The molecular weight excluding hydrogens is 262 g/mol. The molecule has 0 aromatic rings. The quantitative estimate of drug-likeness (QED) is 0.673. The van der Waals surface area contributed by atoms with Crippen LogP contribution in [0.1, 0.15) is 32.1 Å². The molecule has 19 heavy (non-hydrogen) atoms. The molecule has 0 heterocycles. The van der Waals surface area contributed by atoms with Gasteiger partial charge in [0.1, 0.15) is 0 Å². The maximum atomic E-state index is 11.9. The zero-order valence-corrected chi connectivity index (χ0v) is 12.0. The molecule has 2 rings (SSSR count). The van der Waals surface area contributed by atoms with E-state index in [0.29, 0.717) is 23.6 Å². The van der Waals surface area contributed by atoms with Gasteiger partial charge in [-0.05, 0) is 37.5 Å². The summed E-state index contributed by atoms with van der Waals surface area (Å²) in [5, 5.41) is 3.15. The number of primary amides is 1. The van der Waals surface area contributed by atoms with Crippen molar-refractivity contribution in [1.82, 2.24) is 5.32 Å². The molecule has 0 aliphatic heterocycles. The standard InChI is InChI=1S/C13H23N3O2S/c14-10-4-8-2-1-3-9(5-10)13(8)16-12(18)7-19-6-11(15)17/h8-10,13H,1-7,14H2,(H2,15,17)(H,16,18). The summed E-state index contributed by atoms with van der Waals surface area (Å²) in [6.07, 6.45) is 5.64. The van der Waals surface area contributed by atoms with Gasteiger partial charge >= 0.3 is 0 Å². The lowest BCUT2D eigenvalue weighted by atomic mass is 9.67. The third-order valence-corrected chi connectivity index (χ3v) is 5.14. The zero-order valence-electron chi connectivity index (χ0n) is 11.1. The van der Waals surface area contributed by atoms with Crippen LogP contribution in [0, 0.1) is 11.8 Å². The number of thioether (sulfide) groups is 1.